The third-order valence-electron chi connectivity index (χ3n) is 4.06. The van der Waals surface area contributed by atoms with Crippen molar-refractivity contribution in [2.24, 2.45) is 5.73 Å². The molecule has 3 rings (SSSR count). The van der Waals surface area contributed by atoms with E-state index in [4.69, 9.17) is 10.3 Å². The highest BCUT2D eigenvalue weighted by Gasteiger charge is 2.33. The quantitative estimate of drug-likeness (QED) is 0.535. The van der Waals surface area contributed by atoms with Crippen LogP contribution in [0.2, 0.25) is 0 Å². The van der Waals surface area contributed by atoms with Gasteiger partial charge in [-0.1, -0.05) is 17.3 Å². The van der Waals surface area contributed by atoms with Crippen LogP contribution in [0.4, 0.5) is 5.69 Å². The van der Waals surface area contributed by atoms with E-state index in [2.05, 4.69) is 10.1 Å². The lowest BCUT2D eigenvalue weighted by atomic mass is 10.3. The van der Waals surface area contributed by atoms with Crippen LogP contribution in [0, 0.1) is 10.1 Å². The fourth-order valence-electron chi connectivity index (χ4n) is 2.73. The molecular formula is C14H18N6O5S. The molecule has 12 heteroatoms. The van der Waals surface area contributed by atoms with E-state index in [1.165, 1.54) is 28.6 Å². The van der Waals surface area contributed by atoms with Crippen LogP contribution in [0.25, 0.3) is 0 Å². The van der Waals surface area contributed by atoms with Crippen LogP contribution in [0.5, 0.6) is 0 Å². The number of hydrogen-bond donors (Lipinski definition) is 1. The highest BCUT2D eigenvalue weighted by Crippen LogP contribution is 2.27. The number of nitrogens with zero attached hydrogens (tertiary/aromatic N) is 5. The summed E-state index contributed by atoms with van der Waals surface area (Å²) in [5.74, 6) is 0.832. The SMILES string of the molecule is NCc1nc(CN2CCN(S(=O)(=O)c3ccccc3[N+](=O)[O-])CC2)no1. The molecule has 2 heterocycles. The highest BCUT2D eigenvalue weighted by molar-refractivity contribution is 7.89. The first-order valence-electron chi connectivity index (χ1n) is 7.89. The Bertz CT molecular complexity index is 891. The number of nitro benzene ring substituents is 1. The molecule has 0 radical (unpaired) electrons. The van der Waals surface area contributed by atoms with Crippen molar-refractivity contribution in [1.29, 1.82) is 0 Å². The van der Waals surface area contributed by atoms with Crippen molar-refractivity contribution in [1.82, 2.24) is 19.3 Å². The Morgan fingerprint density at radius 1 is 1.23 bits per heavy atom. The van der Waals surface area contributed by atoms with Crippen LogP contribution in [-0.2, 0) is 23.1 Å². The monoisotopic (exact) mass is 382 g/mol. The van der Waals surface area contributed by atoms with Crippen LogP contribution in [0.15, 0.2) is 33.7 Å². The zero-order valence-corrected chi connectivity index (χ0v) is 14.6. The minimum Gasteiger partial charge on any atom is -0.338 e. The van der Waals surface area contributed by atoms with Crippen LogP contribution in [-0.4, -0.2) is 58.9 Å². The largest absolute Gasteiger partial charge is 0.338 e. The van der Waals surface area contributed by atoms with Gasteiger partial charge in [0, 0.05) is 32.2 Å². The molecule has 0 aliphatic carbocycles. The molecule has 1 saturated heterocycles. The normalized spacial score (nSPS) is 16.7. The van der Waals surface area contributed by atoms with Gasteiger partial charge in [0.05, 0.1) is 18.0 Å². The molecule has 0 saturated carbocycles. The third kappa shape index (κ3) is 3.72. The summed E-state index contributed by atoms with van der Waals surface area (Å²) in [6, 6.07) is 5.36. The van der Waals surface area contributed by atoms with Crippen molar-refractivity contribution in [3.63, 3.8) is 0 Å². The fourth-order valence-corrected chi connectivity index (χ4v) is 4.31. The summed E-state index contributed by atoms with van der Waals surface area (Å²) < 4.78 is 31.7. The minimum absolute atomic E-state index is 0.162. The first kappa shape index (κ1) is 18.4. The van der Waals surface area contributed by atoms with Crippen LogP contribution < -0.4 is 5.73 Å². The first-order valence-corrected chi connectivity index (χ1v) is 9.33. The Morgan fingerprint density at radius 3 is 2.54 bits per heavy atom. The highest BCUT2D eigenvalue weighted by atomic mass is 32.2. The smallest absolute Gasteiger partial charge is 0.289 e. The minimum atomic E-state index is -3.94. The second-order valence-corrected chi connectivity index (χ2v) is 7.62. The van der Waals surface area contributed by atoms with E-state index in [1.54, 1.807) is 0 Å². The van der Waals surface area contributed by atoms with Crippen molar-refractivity contribution in [2.45, 2.75) is 18.0 Å². The molecule has 2 aromatic rings. The number of sulfonamides is 1. The summed E-state index contributed by atoms with van der Waals surface area (Å²) in [7, 11) is -3.94. The number of nitro groups is 1. The van der Waals surface area contributed by atoms with Gasteiger partial charge in [-0.3, -0.25) is 15.0 Å². The van der Waals surface area contributed by atoms with Crippen molar-refractivity contribution in [3.05, 3.63) is 46.1 Å². The van der Waals surface area contributed by atoms with Crippen LogP contribution in [0.3, 0.4) is 0 Å². The summed E-state index contributed by atoms with van der Waals surface area (Å²) in [6.07, 6.45) is 0. The molecular weight excluding hydrogens is 364 g/mol. The number of nitrogens with two attached hydrogens (primary N) is 1. The average molecular weight is 382 g/mol. The number of benzene rings is 1. The summed E-state index contributed by atoms with van der Waals surface area (Å²) in [5, 5.41) is 14.9. The van der Waals surface area contributed by atoms with E-state index in [9.17, 15) is 18.5 Å². The Hall–Kier alpha value is -2.41. The molecule has 0 amide bonds. The van der Waals surface area contributed by atoms with Crippen LogP contribution >= 0.6 is 0 Å². The number of para-hydroxylation sites is 1. The molecule has 0 unspecified atom stereocenters. The van der Waals surface area contributed by atoms with Crippen molar-refractivity contribution in [3.8, 4) is 0 Å². The second kappa shape index (κ2) is 7.45. The molecule has 1 aliphatic heterocycles. The first-order chi connectivity index (χ1) is 12.4. The molecule has 140 valence electrons. The van der Waals surface area contributed by atoms with E-state index >= 15 is 0 Å². The van der Waals surface area contributed by atoms with E-state index in [1.807, 2.05) is 4.90 Å². The molecule has 0 spiro atoms. The van der Waals surface area contributed by atoms with E-state index < -0.39 is 20.6 Å². The lowest BCUT2D eigenvalue weighted by Gasteiger charge is -2.33. The van der Waals surface area contributed by atoms with Gasteiger partial charge in [-0.15, -0.1) is 0 Å². The van der Waals surface area contributed by atoms with Gasteiger partial charge in [0.2, 0.25) is 15.9 Å². The Labute approximate surface area is 149 Å². The van der Waals surface area contributed by atoms with Gasteiger partial charge in [0.15, 0.2) is 10.7 Å². The molecule has 0 bridgehead atoms. The third-order valence-corrected chi connectivity index (χ3v) is 6.01. The second-order valence-electron chi connectivity index (χ2n) is 5.71. The van der Waals surface area contributed by atoms with Gasteiger partial charge in [0.1, 0.15) is 0 Å². The fraction of sp³-hybridized carbons (Fsp3) is 0.429. The maximum Gasteiger partial charge on any atom is 0.289 e. The molecule has 1 fully saturated rings. The van der Waals surface area contributed by atoms with E-state index in [0.29, 0.717) is 31.3 Å². The molecule has 11 nitrogen and oxygen atoms in total. The zero-order valence-electron chi connectivity index (χ0n) is 13.8. The summed E-state index contributed by atoms with van der Waals surface area (Å²) in [5.41, 5.74) is 5.00. The van der Waals surface area contributed by atoms with Gasteiger partial charge in [0.25, 0.3) is 5.69 Å². The topological polar surface area (TPSA) is 149 Å². The Kier molecular flexibility index (Phi) is 5.27. The lowest BCUT2D eigenvalue weighted by Crippen LogP contribution is -2.48. The van der Waals surface area contributed by atoms with Gasteiger partial charge in [-0.05, 0) is 6.07 Å². The predicted octanol–water partition coefficient (Wildman–Crippen LogP) is -0.0570. The Morgan fingerprint density at radius 2 is 1.92 bits per heavy atom. The lowest BCUT2D eigenvalue weighted by molar-refractivity contribution is -0.387. The van der Waals surface area contributed by atoms with E-state index in [-0.39, 0.29) is 24.5 Å². The van der Waals surface area contributed by atoms with Crippen molar-refractivity contribution < 1.29 is 17.9 Å². The Balaban J connectivity index is 1.68. The summed E-state index contributed by atoms with van der Waals surface area (Å²) >= 11 is 0. The molecule has 1 aromatic heterocycles. The summed E-state index contributed by atoms with van der Waals surface area (Å²) in [6.45, 7) is 1.92. The maximum absolute atomic E-state index is 12.8. The zero-order chi connectivity index (χ0) is 18.7. The summed E-state index contributed by atoms with van der Waals surface area (Å²) in [4.78, 5) is 16.2. The molecule has 2 N–H and O–H groups in total. The molecule has 26 heavy (non-hydrogen) atoms. The standard InChI is InChI=1S/C14H18N6O5S/c15-9-14-16-13(17-25-14)10-18-5-7-19(8-6-18)26(23,24)12-4-2-1-3-11(12)20(21)22/h1-4H,5-10,15H2. The van der Waals surface area contributed by atoms with Gasteiger partial charge < -0.3 is 10.3 Å². The van der Waals surface area contributed by atoms with Crippen molar-refractivity contribution >= 4 is 15.7 Å². The van der Waals surface area contributed by atoms with E-state index in [0.717, 1.165) is 0 Å². The number of piperazine rings is 1. The van der Waals surface area contributed by atoms with Gasteiger partial charge in [-0.2, -0.15) is 9.29 Å². The van der Waals surface area contributed by atoms with Gasteiger partial charge >= 0.3 is 0 Å². The predicted molar refractivity (Wildman–Crippen MR) is 89.3 cm³/mol. The van der Waals surface area contributed by atoms with Gasteiger partial charge in [-0.25, -0.2) is 8.42 Å². The maximum atomic E-state index is 12.8. The molecule has 0 atom stereocenters. The molecule has 1 aliphatic rings. The number of aromatic nitrogens is 2. The average Bonchev–Trinajstić information content (AvgIpc) is 3.09. The van der Waals surface area contributed by atoms with Crippen molar-refractivity contribution in [2.75, 3.05) is 26.2 Å². The number of hydrogen-bond acceptors (Lipinski definition) is 9. The van der Waals surface area contributed by atoms with Crippen LogP contribution in [0.1, 0.15) is 11.7 Å². The number of rotatable bonds is 6. The molecule has 1 aromatic carbocycles.